The molecule has 184 valence electrons. The second-order valence-electron chi connectivity index (χ2n) is 8.63. The van der Waals surface area contributed by atoms with Gasteiger partial charge in [0.15, 0.2) is 5.82 Å². The van der Waals surface area contributed by atoms with Crippen molar-refractivity contribution in [2.45, 2.75) is 51.9 Å². The molecule has 34 heavy (non-hydrogen) atoms. The molecule has 1 aliphatic rings. The number of aromatic nitrogens is 2. The van der Waals surface area contributed by atoms with Gasteiger partial charge >= 0.3 is 6.18 Å². The van der Waals surface area contributed by atoms with Crippen LogP contribution in [0.4, 0.5) is 23.4 Å². The molecule has 1 aromatic carbocycles. The van der Waals surface area contributed by atoms with Gasteiger partial charge < -0.3 is 10.3 Å². The first-order chi connectivity index (χ1) is 16.1. The monoisotopic (exact) mass is 478 g/mol. The first-order valence-electron chi connectivity index (χ1n) is 11.2. The Morgan fingerprint density at radius 3 is 2.47 bits per heavy atom. The lowest BCUT2D eigenvalue weighted by Crippen LogP contribution is -2.44. The van der Waals surface area contributed by atoms with Crippen molar-refractivity contribution >= 4 is 17.7 Å². The van der Waals surface area contributed by atoms with Gasteiger partial charge in [0.1, 0.15) is 11.5 Å². The average Bonchev–Trinajstić information content (AvgIpc) is 2.80. The maximum atomic E-state index is 13.4. The van der Waals surface area contributed by atoms with E-state index in [0.717, 1.165) is 35.9 Å². The van der Waals surface area contributed by atoms with Gasteiger partial charge in [0.25, 0.3) is 0 Å². The number of alkyl halides is 3. The molecule has 0 atom stereocenters. The van der Waals surface area contributed by atoms with Crippen LogP contribution in [0.5, 0.6) is 0 Å². The third-order valence-electron chi connectivity index (χ3n) is 6.52. The topological polar surface area (TPSA) is 68.5 Å². The van der Waals surface area contributed by atoms with Crippen molar-refractivity contribution in [1.29, 1.82) is 5.41 Å². The zero-order valence-electron chi connectivity index (χ0n) is 19.9. The number of anilines is 1. The van der Waals surface area contributed by atoms with Crippen LogP contribution in [-0.4, -0.2) is 60.3 Å². The Hall–Kier alpha value is -2.88. The lowest BCUT2D eigenvalue weighted by Gasteiger charge is -2.38. The highest BCUT2D eigenvalue weighted by atomic mass is 19.4. The second-order valence-corrected chi connectivity index (χ2v) is 8.63. The van der Waals surface area contributed by atoms with Crippen LogP contribution in [0.25, 0.3) is 0 Å². The molecule has 0 unspecified atom stereocenters. The number of aliphatic imine (C=N–C) groups is 1. The predicted molar refractivity (Wildman–Crippen MR) is 125 cm³/mol. The lowest BCUT2D eigenvalue weighted by molar-refractivity contribution is -0.138. The zero-order chi connectivity index (χ0) is 25.0. The van der Waals surface area contributed by atoms with Gasteiger partial charge in [-0.1, -0.05) is 6.07 Å². The van der Waals surface area contributed by atoms with Gasteiger partial charge in [0, 0.05) is 45.4 Å². The highest BCUT2D eigenvalue weighted by molar-refractivity contribution is 6.06. The van der Waals surface area contributed by atoms with Crippen LogP contribution in [0.3, 0.4) is 0 Å². The zero-order valence-corrected chi connectivity index (χ0v) is 19.9. The van der Waals surface area contributed by atoms with Crippen molar-refractivity contribution in [3.63, 3.8) is 0 Å². The van der Waals surface area contributed by atoms with E-state index in [1.807, 2.05) is 25.8 Å². The summed E-state index contributed by atoms with van der Waals surface area (Å²) in [5.41, 5.74) is 2.55. The Bertz CT molecular complexity index is 1060. The lowest BCUT2D eigenvalue weighted by atomic mass is 10.00. The van der Waals surface area contributed by atoms with Crippen molar-refractivity contribution in [3.05, 3.63) is 52.0 Å². The largest absolute Gasteiger partial charge is 0.416 e. The number of piperidine rings is 1. The molecule has 0 bridgehead atoms. The van der Waals surface area contributed by atoms with E-state index in [4.69, 9.17) is 5.41 Å². The standard InChI is InChI=1S/C24H30F4N6/c1-15-16(2)23(32-31-22(15)21(30-3)7-10-29)34-11-8-19(9-12-34)33(4)14-17-5-6-18(25)13-20(17)24(26,27)28/h5-6,10,13,19,29H,7-9,11-12,14H2,1-4H3. The van der Waals surface area contributed by atoms with Gasteiger partial charge in [-0.2, -0.15) is 13.2 Å². The maximum Gasteiger partial charge on any atom is 0.416 e. The van der Waals surface area contributed by atoms with E-state index < -0.39 is 17.6 Å². The van der Waals surface area contributed by atoms with Gasteiger partial charge in [-0.25, -0.2) is 4.39 Å². The number of hydrogen-bond acceptors (Lipinski definition) is 6. The number of halogens is 4. The van der Waals surface area contributed by atoms with Gasteiger partial charge in [-0.15, -0.1) is 10.2 Å². The van der Waals surface area contributed by atoms with E-state index in [-0.39, 0.29) is 18.2 Å². The smallest absolute Gasteiger partial charge is 0.355 e. The fourth-order valence-electron chi connectivity index (χ4n) is 4.42. The molecule has 0 spiro atoms. The predicted octanol–water partition coefficient (Wildman–Crippen LogP) is 4.81. The molecule has 10 heteroatoms. The van der Waals surface area contributed by atoms with E-state index in [9.17, 15) is 17.6 Å². The number of hydrogen-bond donors (Lipinski definition) is 1. The summed E-state index contributed by atoms with van der Waals surface area (Å²) in [6.07, 6.45) is -1.39. The van der Waals surface area contributed by atoms with Crippen LogP contribution >= 0.6 is 0 Å². The second kappa shape index (κ2) is 10.6. The van der Waals surface area contributed by atoms with Crippen LogP contribution in [0.1, 0.15) is 47.2 Å². The fraction of sp³-hybridized carbons (Fsp3) is 0.500. The first kappa shape index (κ1) is 25.7. The Morgan fingerprint density at radius 1 is 1.21 bits per heavy atom. The summed E-state index contributed by atoms with van der Waals surface area (Å²) < 4.78 is 53.5. The molecule has 3 rings (SSSR count). The molecule has 1 aliphatic heterocycles. The molecular weight excluding hydrogens is 448 g/mol. The third kappa shape index (κ3) is 5.60. The van der Waals surface area contributed by atoms with Crippen LogP contribution < -0.4 is 4.90 Å². The molecule has 1 saturated heterocycles. The van der Waals surface area contributed by atoms with Crippen LogP contribution in [-0.2, 0) is 12.7 Å². The van der Waals surface area contributed by atoms with E-state index in [2.05, 4.69) is 20.1 Å². The molecule has 1 aromatic heterocycles. The summed E-state index contributed by atoms with van der Waals surface area (Å²) in [6.45, 7) is 5.46. The summed E-state index contributed by atoms with van der Waals surface area (Å²) in [6, 6.07) is 2.96. The molecule has 1 fully saturated rings. The maximum absolute atomic E-state index is 13.4. The first-order valence-corrected chi connectivity index (χ1v) is 11.2. The summed E-state index contributed by atoms with van der Waals surface area (Å²) in [4.78, 5) is 8.30. The molecular formula is C24H30F4N6. The van der Waals surface area contributed by atoms with Crippen molar-refractivity contribution in [2.24, 2.45) is 4.99 Å². The summed E-state index contributed by atoms with van der Waals surface area (Å²) in [5, 5.41) is 16.2. The molecule has 2 heterocycles. The Kier molecular flexibility index (Phi) is 8.01. The van der Waals surface area contributed by atoms with Crippen LogP contribution in [0.2, 0.25) is 0 Å². The summed E-state index contributed by atoms with van der Waals surface area (Å²) in [7, 11) is 3.48. The highest BCUT2D eigenvalue weighted by Crippen LogP contribution is 2.34. The SMILES string of the molecule is CN=C(CC=N)c1nnc(N2CCC(N(C)Cc3ccc(F)cc3C(F)(F)F)CC2)c(C)c1C. The number of rotatable bonds is 7. The van der Waals surface area contributed by atoms with Gasteiger partial charge in [-0.3, -0.25) is 9.89 Å². The van der Waals surface area contributed by atoms with Gasteiger partial charge in [-0.05, 0) is 62.6 Å². The van der Waals surface area contributed by atoms with Gasteiger partial charge in [0.2, 0.25) is 0 Å². The Morgan fingerprint density at radius 2 is 1.88 bits per heavy atom. The molecule has 6 nitrogen and oxygen atoms in total. The molecule has 0 radical (unpaired) electrons. The number of nitrogens with one attached hydrogen (secondary N) is 1. The fourth-order valence-corrected chi connectivity index (χ4v) is 4.42. The highest BCUT2D eigenvalue weighted by Gasteiger charge is 2.34. The molecule has 2 aromatic rings. The minimum atomic E-state index is -4.59. The van der Waals surface area contributed by atoms with Crippen molar-refractivity contribution in [2.75, 3.05) is 32.1 Å². The van der Waals surface area contributed by atoms with Gasteiger partial charge in [0.05, 0.1) is 11.3 Å². The van der Waals surface area contributed by atoms with E-state index in [1.54, 1.807) is 7.05 Å². The number of benzene rings is 1. The minimum Gasteiger partial charge on any atom is -0.355 e. The molecule has 1 N–H and O–H groups in total. The van der Waals surface area contributed by atoms with Crippen molar-refractivity contribution in [1.82, 2.24) is 15.1 Å². The van der Waals surface area contributed by atoms with E-state index in [0.29, 0.717) is 37.0 Å². The Labute approximate surface area is 197 Å². The van der Waals surface area contributed by atoms with E-state index >= 15 is 0 Å². The number of nitrogens with zero attached hydrogens (tertiary/aromatic N) is 5. The minimum absolute atomic E-state index is 0.0741. The summed E-state index contributed by atoms with van der Waals surface area (Å²) in [5.74, 6) is -0.0921. The van der Waals surface area contributed by atoms with E-state index in [1.165, 1.54) is 12.3 Å². The quantitative estimate of drug-likeness (QED) is 0.458. The molecule has 0 aliphatic carbocycles. The Balaban J connectivity index is 1.69. The third-order valence-corrected chi connectivity index (χ3v) is 6.52. The average molecular weight is 479 g/mol. The summed E-state index contributed by atoms with van der Waals surface area (Å²) >= 11 is 0. The van der Waals surface area contributed by atoms with Crippen molar-refractivity contribution < 1.29 is 17.6 Å². The van der Waals surface area contributed by atoms with Crippen LogP contribution in [0, 0.1) is 25.1 Å². The van der Waals surface area contributed by atoms with Crippen molar-refractivity contribution in [3.8, 4) is 0 Å². The normalized spacial score (nSPS) is 15.8. The molecule has 0 amide bonds. The van der Waals surface area contributed by atoms with Crippen LogP contribution in [0.15, 0.2) is 23.2 Å². The molecule has 0 saturated carbocycles.